The van der Waals surface area contributed by atoms with Crippen molar-refractivity contribution in [3.05, 3.63) is 71.8 Å². The van der Waals surface area contributed by atoms with Gasteiger partial charge in [-0.15, -0.1) is 0 Å². The zero-order chi connectivity index (χ0) is 17.8. The van der Waals surface area contributed by atoms with Gasteiger partial charge in [0.1, 0.15) is 17.1 Å². The molecule has 5 heteroatoms. The van der Waals surface area contributed by atoms with E-state index in [1.54, 1.807) is 12.1 Å². The molecule has 0 aromatic heterocycles. The largest absolute Gasteiger partial charge is 0.496 e. The summed E-state index contributed by atoms with van der Waals surface area (Å²) in [5, 5.41) is 1.88. The molecule has 0 bridgehead atoms. The lowest BCUT2D eigenvalue weighted by Crippen LogP contribution is -2.10. The molecule has 0 atom stereocenters. The summed E-state index contributed by atoms with van der Waals surface area (Å²) in [6.45, 7) is 0. The highest BCUT2D eigenvalue weighted by Gasteiger charge is 2.16. The average molecular weight is 336 g/mol. The molecular weight excluding hydrogens is 320 g/mol. The van der Waals surface area contributed by atoms with Crippen LogP contribution < -0.4 is 9.47 Å². The summed E-state index contributed by atoms with van der Waals surface area (Å²) in [6, 6.07) is 17.4. The van der Waals surface area contributed by atoms with Gasteiger partial charge >= 0.3 is 11.9 Å². The van der Waals surface area contributed by atoms with Gasteiger partial charge in [-0.25, -0.2) is 9.59 Å². The molecule has 0 aliphatic rings. The van der Waals surface area contributed by atoms with Crippen molar-refractivity contribution in [2.45, 2.75) is 0 Å². The number of methoxy groups -OCH3 is 2. The van der Waals surface area contributed by atoms with Gasteiger partial charge in [0.05, 0.1) is 19.8 Å². The SMILES string of the molecule is COC(=O)c1ccc(OC(=O)c2cc3ccccc3cc2OC)cc1. The summed E-state index contributed by atoms with van der Waals surface area (Å²) in [6.07, 6.45) is 0. The van der Waals surface area contributed by atoms with Crippen molar-refractivity contribution < 1.29 is 23.8 Å². The quantitative estimate of drug-likeness (QED) is 0.535. The van der Waals surface area contributed by atoms with Crippen LogP contribution >= 0.6 is 0 Å². The van der Waals surface area contributed by atoms with E-state index in [2.05, 4.69) is 4.74 Å². The van der Waals surface area contributed by atoms with Crippen LogP contribution in [-0.4, -0.2) is 26.2 Å². The van der Waals surface area contributed by atoms with E-state index in [0.717, 1.165) is 10.8 Å². The molecule has 0 radical (unpaired) electrons. The number of hydrogen-bond donors (Lipinski definition) is 0. The highest BCUT2D eigenvalue weighted by Crippen LogP contribution is 2.27. The zero-order valence-corrected chi connectivity index (χ0v) is 13.8. The fourth-order valence-corrected chi connectivity index (χ4v) is 2.49. The Morgan fingerprint density at radius 3 is 2.04 bits per heavy atom. The summed E-state index contributed by atoms with van der Waals surface area (Å²) in [4.78, 5) is 23.9. The predicted octanol–water partition coefficient (Wildman–Crippen LogP) is 3.85. The maximum Gasteiger partial charge on any atom is 0.347 e. The number of hydrogen-bond acceptors (Lipinski definition) is 5. The van der Waals surface area contributed by atoms with E-state index in [-0.39, 0.29) is 0 Å². The van der Waals surface area contributed by atoms with Crippen LogP contribution in [-0.2, 0) is 4.74 Å². The first-order chi connectivity index (χ1) is 12.1. The third-order valence-corrected chi connectivity index (χ3v) is 3.77. The molecule has 0 saturated carbocycles. The van der Waals surface area contributed by atoms with Crippen molar-refractivity contribution in [3.63, 3.8) is 0 Å². The molecule has 0 N–H and O–H groups in total. The number of fused-ring (bicyclic) bond motifs is 1. The molecule has 25 heavy (non-hydrogen) atoms. The molecule has 0 amide bonds. The number of carbonyl (C=O) groups is 2. The third-order valence-electron chi connectivity index (χ3n) is 3.77. The van der Waals surface area contributed by atoms with Crippen LogP contribution in [0.3, 0.4) is 0 Å². The number of carbonyl (C=O) groups excluding carboxylic acids is 2. The van der Waals surface area contributed by atoms with E-state index in [4.69, 9.17) is 9.47 Å². The van der Waals surface area contributed by atoms with Crippen molar-refractivity contribution >= 4 is 22.7 Å². The summed E-state index contributed by atoms with van der Waals surface area (Å²) >= 11 is 0. The van der Waals surface area contributed by atoms with Crippen molar-refractivity contribution in [2.24, 2.45) is 0 Å². The standard InChI is InChI=1S/C20H16O5/c1-23-18-12-15-6-4-3-5-14(15)11-17(18)20(22)25-16-9-7-13(8-10-16)19(21)24-2/h3-12H,1-2H3. The van der Waals surface area contributed by atoms with Crippen LogP contribution in [0.5, 0.6) is 11.5 Å². The fraction of sp³-hybridized carbons (Fsp3) is 0.100. The van der Waals surface area contributed by atoms with Crippen LogP contribution in [0.2, 0.25) is 0 Å². The second-order valence-electron chi connectivity index (χ2n) is 5.31. The van der Waals surface area contributed by atoms with Crippen molar-refractivity contribution in [1.82, 2.24) is 0 Å². The first-order valence-corrected chi connectivity index (χ1v) is 7.59. The highest BCUT2D eigenvalue weighted by molar-refractivity contribution is 5.99. The topological polar surface area (TPSA) is 61.8 Å². The maximum atomic E-state index is 12.5. The van der Waals surface area contributed by atoms with Crippen LogP contribution in [0, 0.1) is 0 Å². The molecule has 0 unspecified atom stereocenters. The Balaban J connectivity index is 1.88. The molecule has 0 fully saturated rings. The Hall–Kier alpha value is -3.34. The second kappa shape index (κ2) is 7.05. The van der Waals surface area contributed by atoms with Crippen molar-refractivity contribution in [3.8, 4) is 11.5 Å². The fourth-order valence-electron chi connectivity index (χ4n) is 2.49. The number of ether oxygens (including phenoxy) is 3. The molecule has 3 aromatic carbocycles. The average Bonchev–Trinajstić information content (AvgIpc) is 2.66. The minimum absolute atomic E-state index is 0.327. The van der Waals surface area contributed by atoms with Gasteiger partial charge in [-0.05, 0) is 47.2 Å². The van der Waals surface area contributed by atoms with Gasteiger partial charge in [0, 0.05) is 0 Å². The van der Waals surface area contributed by atoms with Crippen molar-refractivity contribution in [1.29, 1.82) is 0 Å². The normalized spacial score (nSPS) is 10.3. The molecule has 0 spiro atoms. The van der Waals surface area contributed by atoms with E-state index >= 15 is 0 Å². The summed E-state index contributed by atoms with van der Waals surface area (Å²) in [7, 11) is 2.81. The van der Waals surface area contributed by atoms with Gasteiger partial charge < -0.3 is 14.2 Å². The van der Waals surface area contributed by atoms with Gasteiger partial charge in [-0.1, -0.05) is 24.3 Å². The lowest BCUT2D eigenvalue weighted by molar-refractivity contribution is 0.0600. The predicted molar refractivity (Wildman–Crippen MR) is 93.2 cm³/mol. The molecule has 5 nitrogen and oxygen atoms in total. The number of rotatable bonds is 4. The Labute approximate surface area is 144 Å². The zero-order valence-electron chi connectivity index (χ0n) is 13.8. The van der Waals surface area contributed by atoms with E-state index < -0.39 is 11.9 Å². The molecule has 0 saturated heterocycles. The Morgan fingerprint density at radius 2 is 1.44 bits per heavy atom. The van der Waals surface area contributed by atoms with Crippen LogP contribution in [0.15, 0.2) is 60.7 Å². The molecule has 126 valence electrons. The monoisotopic (exact) mass is 336 g/mol. The van der Waals surface area contributed by atoms with Crippen molar-refractivity contribution in [2.75, 3.05) is 14.2 Å². The molecule has 0 aliphatic heterocycles. The van der Waals surface area contributed by atoms with Gasteiger partial charge in [-0.3, -0.25) is 0 Å². The van der Waals surface area contributed by atoms with E-state index in [0.29, 0.717) is 22.6 Å². The summed E-state index contributed by atoms with van der Waals surface area (Å²) in [5.41, 5.74) is 0.712. The lowest BCUT2D eigenvalue weighted by Gasteiger charge is -2.10. The number of benzene rings is 3. The van der Waals surface area contributed by atoms with E-state index in [1.165, 1.54) is 38.5 Å². The Bertz CT molecular complexity index is 928. The minimum atomic E-state index is -0.534. The Morgan fingerprint density at radius 1 is 0.800 bits per heavy atom. The van der Waals surface area contributed by atoms with Crippen LogP contribution in [0.1, 0.15) is 20.7 Å². The lowest BCUT2D eigenvalue weighted by atomic mass is 10.1. The second-order valence-corrected chi connectivity index (χ2v) is 5.31. The molecule has 0 heterocycles. The molecule has 0 aliphatic carbocycles. The van der Waals surface area contributed by atoms with Gasteiger partial charge in [0.25, 0.3) is 0 Å². The maximum absolute atomic E-state index is 12.5. The smallest absolute Gasteiger partial charge is 0.347 e. The molecule has 3 aromatic rings. The van der Waals surface area contributed by atoms with Gasteiger partial charge in [0.15, 0.2) is 0 Å². The van der Waals surface area contributed by atoms with Crippen LogP contribution in [0.25, 0.3) is 10.8 Å². The first kappa shape index (κ1) is 16.5. The molecular formula is C20H16O5. The summed E-state index contributed by atoms with van der Waals surface area (Å²) in [5.74, 6) is -0.217. The minimum Gasteiger partial charge on any atom is -0.496 e. The third kappa shape index (κ3) is 3.45. The summed E-state index contributed by atoms with van der Waals surface area (Å²) < 4.78 is 15.3. The van der Waals surface area contributed by atoms with Gasteiger partial charge in [0.2, 0.25) is 0 Å². The van der Waals surface area contributed by atoms with Crippen LogP contribution in [0.4, 0.5) is 0 Å². The Kier molecular flexibility index (Phi) is 4.66. The molecule has 3 rings (SSSR count). The van der Waals surface area contributed by atoms with E-state index in [1.807, 2.05) is 24.3 Å². The highest BCUT2D eigenvalue weighted by atomic mass is 16.5. The van der Waals surface area contributed by atoms with E-state index in [9.17, 15) is 9.59 Å². The number of esters is 2. The first-order valence-electron chi connectivity index (χ1n) is 7.59. The van der Waals surface area contributed by atoms with Gasteiger partial charge in [-0.2, -0.15) is 0 Å².